The van der Waals surface area contributed by atoms with Gasteiger partial charge in [-0.1, -0.05) is 23.7 Å². The minimum Gasteiger partial charge on any atom is -0.396 e. The monoisotopic (exact) mass is 336 g/mol. The molecule has 1 saturated heterocycles. The van der Waals surface area contributed by atoms with Gasteiger partial charge >= 0.3 is 6.03 Å². The Balaban J connectivity index is 1.75. The van der Waals surface area contributed by atoms with Crippen molar-refractivity contribution in [1.29, 1.82) is 0 Å². The molecule has 22 heavy (non-hydrogen) atoms. The first-order chi connectivity index (χ1) is 10.7. The molecule has 2 aromatic rings. The zero-order valence-electron chi connectivity index (χ0n) is 11.9. The van der Waals surface area contributed by atoms with Gasteiger partial charge in [-0.25, -0.2) is 4.79 Å². The number of rotatable bonds is 4. The van der Waals surface area contributed by atoms with Crippen LogP contribution in [0.25, 0.3) is 0 Å². The number of aliphatic hydroxyl groups is 1. The van der Waals surface area contributed by atoms with Crippen LogP contribution in [0, 0.1) is 5.92 Å². The molecule has 1 fully saturated rings. The summed E-state index contributed by atoms with van der Waals surface area (Å²) in [5.41, 5.74) is 2.05. The molecule has 0 saturated carbocycles. The van der Waals surface area contributed by atoms with Gasteiger partial charge in [-0.15, -0.1) is 0 Å². The van der Waals surface area contributed by atoms with Crippen LogP contribution in [0.5, 0.6) is 0 Å². The third-order valence-corrected chi connectivity index (χ3v) is 4.80. The average Bonchev–Trinajstić information content (AvgIpc) is 2.99. The van der Waals surface area contributed by atoms with Crippen molar-refractivity contribution in [3.8, 4) is 0 Å². The van der Waals surface area contributed by atoms with Gasteiger partial charge in [0.05, 0.1) is 6.04 Å². The summed E-state index contributed by atoms with van der Waals surface area (Å²) in [7, 11) is 0. The SMILES string of the molecule is O=C(N[C@@H](c1ccc(Cl)cc1)c1ccsc1)N1CC(CO)C1. The summed E-state index contributed by atoms with van der Waals surface area (Å²) in [6.07, 6.45) is 0. The number of benzene rings is 1. The first-order valence-electron chi connectivity index (χ1n) is 7.11. The average molecular weight is 337 g/mol. The minimum atomic E-state index is -0.191. The molecule has 0 spiro atoms. The van der Waals surface area contributed by atoms with E-state index in [1.54, 1.807) is 16.2 Å². The van der Waals surface area contributed by atoms with E-state index in [2.05, 4.69) is 5.32 Å². The number of hydrogen-bond donors (Lipinski definition) is 2. The second-order valence-electron chi connectivity index (χ2n) is 5.44. The summed E-state index contributed by atoms with van der Waals surface area (Å²) in [5.74, 6) is 0.209. The summed E-state index contributed by atoms with van der Waals surface area (Å²) in [6.45, 7) is 1.35. The van der Waals surface area contributed by atoms with E-state index in [4.69, 9.17) is 16.7 Å². The quantitative estimate of drug-likeness (QED) is 0.901. The van der Waals surface area contributed by atoms with Crippen LogP contribution in [0.1, 0.15) is 17.2 Å². The molecule has 1 aromatic carbocycles. The van der Waals surface area contributed by atoms with E-state index in [9.17, 15) is 4.79 Å². The second kappa shape index (κ2) is 6.69. The Morgan fingerprint density at radius 2 is 2.05 bits per heavy atom. The Bertz CT molecular complexity index is 624. The van der Waals surface area contributed by atoms with Gasteiger partial charge in [-0.3, -0.25) is 0 Å². The van der Waals surface area contributed by atoms with Crippen LogP contribution < -0.4 is 5.32 Å². The number of likely N-dealkylation sites (tertiary alicyclic amines) is 1. The van der Waals surface area contributed by atoms with Crippen LogP contribution in [0.3, 0.4) is 0 Å². The number of hydrogen-bond acceptors (Lipinski definition) is 3. The first kappa shape index (κ1) is 15.3. The fourth-order valence-corrected chi connectivity index (χ4v) is 3.33. The van der Waals surface area contributed by atoms with E-state index >= 15 is 0 Å². The van der Waals surface area contributed by atoms with Gasteiger partial charge in [0, 0.05) is 30.6 Å². The highest BCUT2D eigenvalue weighted by Crippen LogP contribution is 2.26. The number of carbonyl (C=O) groups is 1. The van der Waals surface area contributed by atoms with Crippen LogP contribution in [0.15, 0.2) is 41.1 Å². The number of aliphatic hydroxyl groups excluding tert-OH is 1. The summed E-state index contributed by atoms with van der Waals surface area (Å²) in [5, 5.41) is 16.8. The summed E-state index contributed by atoms with van der Waals surface area (Å²) < 4.78 is 0. The standard InChI is InChI=1S/C16H17ClN2O2S/c17-14-3-1-12(2-4-14)15(13-5-6-22-10-13)18-16(21)19-7-11(8-19)9-20/h1-6,10-11,15,20H,7-9H2,(H,18,21)/t15-/m0/s1. The van der Waals surface area contributed by atoms with E-state index in [1.165, 1.54) is 0 Å². The van der Waals surface area contributed by atoms with Gasteiger partial charge in [-0.2, -0.15) is 11.3 Å². The predicted octanol–water partition coefficient (Wildman–Crippen LogP) is 3.12. The maximum atomic E-state index is 12.3. The van der Waals surface area contributed by atoms with Gasteiger partial charge in [-0.05, 0) is 40.1 Å². The van der Waals surface area contributed by atoms with Crippen LogP contribution in [-0.2, 0) is 0 Å². The smallest absolute Gasteiger partial charge is 0.318 e. The first-order valence-corrected chi connectivity index (χ1v) is 8.43. The highest BCUT2D eigenvalue weighted by molar-refractivity contribution is 7.08. The Labute approximate surface area is 138 Å². The van der Waals surface area contributed by atoms with E-state index in [-0.39, 0.29) is 24.6 Å². The molecule has 1 aromatic heterocycles. The maximum absolute atomic E-state index is 12.3. The van der Waals surface area contributed by atoms with Crippen molar-refractivity contribution in [2.24, 2.45) is 5.92 Å². The van der Waals surface area contributed by atoms with Crippen LogP contribution in [0.4, 0.5) is 4.79 Å². The van der Waals surface area contributed by atoms with Crippen molar-refractivity contribution < 1.29 is 9.90 Å². The van der Waals surface area contributed by atoms with Crippen molar-refractivity contribution >= 4 is 29.0 Å². The molecule has 1 aliphatic rings. The zero-order chi connectivity index (χ0) is 15.5. The fourth-order valence-electron chi connectivity index (χ4n) is 2.52. The Hall–Kier alpha value is -1.56. The number of carbonyl (C=O) groups excluding carboxylic acids is 1. The van der Waals surface area contributed by atoms with E-state index in [1.807, 2.05) is 41.1 Å². The Morgan fingerprint density at radius 3 is 2.64 bits per heavy atom. The third kappa shape index (κ3) is 3.27. The van der Waals surface area contributed by atoms with Crippen molar-refractivity contribution in [3.63, 3.8) is 0 Å². The molecule has 1 aliphatic heterocycles. The van der Waals surface area contributed by atoms with Crippen LogP contribution >= 0.6 is 22.9 Å². The van der Waals surface area contributed by atoms with Crippen molar-refractivity contribution in [3.05, 3.63) is 57.2 Å². The normalized spacial score (nSPS) is 16.2. The van der Waals surface area contributed by atoms with Crippen molar-refractivity contribution in [2.75, 3.05) is 19.7 Å². The number of urea groups is 1. The number of halogens is 1. The van der Waals surface area contributed by atoms with Gasteiger partial charge in [0.15, 0.2) is 0 Å². The highest BCUT2D eigenvalue weighted by atomic mass is 35.5. The van der Waals surface area contributed by atoms with Gasteiger partial charge < -0.3 is 15.3 Å². The highest BCUT2D eigenvalue weighted by Gasteiger charge is 2.31. The second-order valence-corrected chi connectivity index (χ2v) is 6.66. The molecule has 4 nitrogen and oxygen atoms in total. The fraction of sp³-hybridized carbons (Fsp3) is 0.312. The number of amides is 2. The lowest BCUT2D eigenvalue weighted by Gasteiger charge is -2.39. The molecule has 3 rings (SSSR count). The molecule has 2 heterocycles. The summed E-state index contributed by atoms with van der Waals surface area (Å²) >= 11 is 7.54. The molecule has 1 atom stereocenters. The van der Waals surface area contributed by atoms with E-state index in [0.29, 0.717) is 18.1 Å². The summed E-state index contributed by atoms with van der Waals surface area (Å²) in [4.78, 5) is 14.1. The molecule has 0 unspecified atom stereocenters. The summed E-state index contributed by atoms with van der Waals surface area (Å²) in [6, 6.07) is 9.23. The lowest BCUT2D eigenvalue weighted by atomic mass is 10.00. The molecule has 6 heteroatoms. The minimum absolute atomic E-state index is 0.101. The van der Waals surface area contributed by atoms with Gasteiger partial charge in [0.1, 0.15) is 0 Å². The van der Waals surface area contributed by atoms with Crippen LogP contribution in [0.2, 0.25) is 5.02 Å². The van der Waals surface area contributed by atoms with E-state index in [0.717, 1.165) is 11.1 Å². The Kier molecular flexibility index (Phi) is 4.66. The predicted molar refractivity (Wildman–Crippen MR) is 88.3 cm³/mol. The molecule has 0 bridgehead atoms. The van der Waals surface area contributed by atoms with E-state index < -0.39 is 0 Å². The number of nitrogens with one attached hydrogen (secondary N) is 1. The molecule has 2 amide bonds. The molecule has 0 radical (unpaired) electrons. The zero-order valence-corrected chi connectivity index (χ0v) is 13.5. The Morgan fingerprint density at radius 1 is 1.32 bits per heavy atom. The molecule has 116 valence electrons. The van der Waals surface area contributed by atoms with Gasteiger partial charge in [0.2, 0.25) is 0 Å². The molecular formula is C16H17ClN2O2S. The number of nitrogens with zero attached hydrogens (tertiary/aromatic N) is 1. The van der Waals surface area contributed by atoms with Gasteiger partial charge in [0.25, 0.3) is 0 Å². The lowest BCUT2D eigenvalue weighted by Crippen LogP contribution is -2.55. The van der Waals surface area contributed by atoms with Crippen molar-refractivity contribution in [2.45, 2.75) is 6.04 Å². The molecule has 2 N–H and O–H groups in total. The number of thiophene rings is 1. The largest absolute Gasteiger partial charge is 0.396 e. The van der Waals surface area contributed by atoms with Crippen LogP contribution in [-0.4, -0.2) is 35.7 Å². The third-order valence-electron chi connectivity index (χ3n) is 3.85. The topological polar surface area (TPSA) is 52.6 Å². The lowest BCUT2D eigenvalue weighted by molar-refractivity contribution is 0.0768. The maximum Gasteiger partial charge on any atom is 0.318 e. The molecular weight excluding hydrogens is 320 g/mol. The molecule has 0 aliphatic carbocycles. The van der Waals surface area contributed by atoms with Crippen molar-refractivity contribution in [1.82, 2.24) is 10.2 Å².